The van der Waals surface area contributed by atoms with E-state index in [0.717, 1.165) is 22.2 Å². The Morgan fingerprint density at radius 3 is 2.71 bits per heavy atom. The third-order valence-corrected chi connectivity index (χ3v) is 4.21. The van der Waals surface area contributed by atoms with Crippen molar-refractivity contribution in [1.82, 2.24) is 14.9 Å². The van der Waals surface area contributed by atoms with Crippen LogP contribution in [0.2, 0.25) is 0 Å². The lowest BCUT2D eigenvalue weighted by molar-refractivity contribution is 0.0302. The number of hydrogen-bond acceptors (Lipinski definition) is 4. The van der Waals surface area contributed by atoms with E-state index in [2.05, 4.69) is 16.0 Å². The standard InChI is InChI=1S/C19H17N3O2/c23-19(22-8-10-24-11-9-22)16-4-6-18(21-13-16)15-3-5-17-14(12-15)2-1-7-20-17/h1-7,12-13H,8-11H2. The van der Waals surface area contributed by atoms with Crippen LogP contribution in [0.15, 0.2) is 54.9 Å². The summed E-state index contributed by atoms with van der Waals surface area (Å²) in [6.07, 6.45) is 3.44. The topological polar surface area (TPSA) is 55.3 Å². The van der Waals surface area contributed by atoms with Gasteiger partial charge in [-0.2, -0.15) is 0 Å². The molecule has 3 aromatic rings. The number of fused-ring (bicyclic) bond motifs is 1. The van der Waals surface area contributed by atoms with E-state index in [9.17, 15) is 4.79 Å². The molecule has 5 nitrogen and oxygen atoms in total. The number of nitrogens with zero attached hydrogens (tertiary/aromatic N) is 3. The van der Waals surface area contributed by atoms with Crippen molar-refractivity contribution in [2.75, 3.05) is 26.3 Å². The van der Waals surface area contributed by atoms with Crippen LogP contribution in [0.5, 0.6) is 0 Å². The van der Waals surface area contributed by atoms with E-state index < -0.39 is 0 Å². The summed E-state index contributed by atoms with van der Waals surface area (Å²) in [5.41, 5.74) is 3.43. The lowest BCUT2D eigenvalue weighted by Crippen LogP contribution is -2.40. The second kappa shape index (κ2) is 6.37. The summed E-state index contributed by atoms with van der Waals surface area (Å²) in [7, 11) is 0. The van der Waals surface area contributed by atoms with Crippen LogP contribution in [0.25, 0.3) is 22.2 Å². The number of pyridine rings is 2. The zero-order chi connectivity index (χ0) is 16.4. The Hall–Kier alpha value is -2.79. The van der Waals surface area contributed by atoms with Gasteiger partial charge in [0.15, 0.2) is 0 Å². The van der Waals surface area contributed by atoms with Gasteiger partial charge in [0.05, 0.1) is 30.0 Å². The van der Waals surface area contributed by atoms with Gasteiger partial charge in [-0.15, -0.1) is 0 Å². The molecule has 1 aliphatic rings. The highest BCUT2D eigenvalue weighted by Crippen LogP contribution is 2.22. The van der Waals surface area contributed by atoms with Gasteiger partial charge in [0, 0.05) is 36.4 Å². The maximum atomic E-state index is 12.4. The second-order valence-corrected chi connectivity index (χ2v) is 5.75. The molecule has 1 amide bonds. The van der Waals surface area contributed by atoms with Gasteiger partial charge in [0.1, 0.15) is 0 Å². The molecule has 0 radical (unpaired) electrons. The SMILES string of the molecule is O=C(c1ccc(-c2ccc3ncccc3c2)nc1)N1CCOCC1. The molecule has 5 heteroatoms. The molecular weight excluding hydrogens is 302 g/mol. The van der Waals surface area contributed by atoms with Gasteiger partial charge in [-0.3, -0.25) is 14.8 Å². The van der Waals surface area contributed by atoms with Crippen LogP contribution in [-0.2, 0) is 4.74 Å². The molecule has 1 aromatic carbocycles. The average molecular weight is 319 g/mol. The minimum atomic E-state index is 0.0139. The van der Waals surface area contributed by atoms with Crippen molar-refractivity contribution in [1.29, 1.82) is 0 Å². The molecule has 1 saturated heterocycles. The molecule has 120 valence electrons. The molecule has 1 fully saturated rings. The van der Waals surface area contributed by atoms with E-state index in [1.807, 2.05) is 41.3 Å². The molecule has 2 aromatic heterocycles. The minimum Gasteiger partial charge on any atom is -0.378 e. The number of amides is 1. The number of hydrogen-bond donors (Lipinski definition) is 0. The molecule has 24 heavy (non-hydrogen) atoms. The lowest BCUT2D eigenvalue weighted by Gasteiger charge is -2.26. The van der Waals surface area contributed by atoms with Crippen LogP contribution in [0.4, 0.5) is 0 Å². The van der Waals surface area contributed by atoms with Crippen LogP contribution in [-0.4, -0.2) is 47.1 Å². The number of ether oxygens (including phenoxy) is 1. The second-order valence-electron chi connectivity index (χ2n) is 5.75. The molecule has 3 heterocycles. The van der Waals surface area contributed by atoms with E-state index >= 15 is 0 Å². The Labute approximate surface area is 139 Å². The maximum Gasteiger partial charge on any atom is 0.255 e. The van der Waals surface area contributed by atoms with E-state index in [1.54, 1.807) is 12.4 Å². The first-order chi connectivity index (χ1) is 11.8. The Morgan fingerprint density at radius 2 is 1.92 bits per heavy atom. The number of carbonyl (C=O) groups excluding carboxylic acids is 1. The summed E-state index contributed by atoms with van der Waals surface area (Å²) in [6.45, 7) is 2.47. The fraction of sp³-hybridized carbons (Fsp3) is 0.211. The first-order valence-corrected chi connectivity index (χ1v) is 7.99. The van der Waals surface area contributed by atoms with Gasteiger partial charge in [-0.25, -0.2) is 0 Å². The highest BCUT2D eigenvalue weighted by molar-refractivity contribution is 5.94. The van der Waals surface area contributed by atoms with Gasteiger partial charge in [-0.05, 0) is 30.3 Å². The average Bonchev–Trinajstić information content (AvgIpc) is 2.68. The molecular formula is C19H17N3O2. The van der Waals surface area contributed by atoms with Gasteiger partial charge in [0.2, 0.25) is 0 Å². The fourth-order valence-corrected chi connectivity index (χ4v) is 2.88. The van der Waals surface area contributed by atoms with Gasteiger partial charge < -0.3 is 9.64 Å². The van der Waals surface area contributed by atoms with Crippen molar-refractivity contribution in [2.24, 2.45) is 0 Å². The summed E-state index contributed by atoms with van der Waals surface area (Å²) >= 11 is 0. The van der Waals surface area contributed by atoms with Crippen molar-refractivity contribution in [3.63, 3.8) is 0 Å². The Kier molecular flexibility index (Phi) is 3.92. The normalized spacial score (nSPS) is 14.8. The molecule has 0 aliphatic carbocycles. The molecule has 0 bridgehead atoms. The summed E-state index contributed by atoms with van der Waals surface area (Å²) in [6, 6.07) is 13.7. The van der Waals surface area contributed by atoms with Crippen LogP contribution in [0.1, 0.15) is 10.4 Å². The molecule has 0 N–H and O–H groups in total. The molecule has 0 unspecified atom stereocenters. The number of morpholine rings is 1. The number of carbonyl (C=O) groups is 1. The predicted octanol–water partition coefficient (Wildman–Crippen LogP) is 2.77. The van der Waals surface area contributed by atoms with Crippen LogP contribution >= 0.6 is 0 Å². The molecule has 1 aliphatic heterocycles. The predicted molar refractivity (Wildman–Crippen MR) is 91.7 cm³/mol. The van der Waals surface area contributed by atoms with Crippen molar-refractivity contribution >= 4 is 16.8 Å². The summed E-state index contributed by atoms with van der Waals surface area (Å²) < 4.78 is 5.28. The molecule has 0 saturated carbocycles. The number of aromatic nitrogens is 2. The Morgan fingerprint density at radius 1 is 1.04 bits per heavy atom. The van der Waals surface area contributed by atoms with E-state index in [0.29, 0.717) is 31.9 Å². The number of benzene rings is 1. The van der Waals surface area contributed by atoms with Crippen molar-refractivity contribution in [2.45, 2.75) is 0 Å². The monoisotopic (exact) mass is 319 g/mol. The smallest absolute Gasteiger partial charge is 0.255 e. The summed E-state index contributed by atoms with van der Waals surface area (Å²) in [4.78, 5) is 23.0. The zero-order valence-electron chi connectivity index (χ0n) is 13.2. The third kappa shape index (κ3) is 2.86. The van der Waals surface area contributed by atoms with Crippen molar-refractivity contribution in [3.05, 3.63) is 60.4 Å². The van der Waals surface area contributed by atoms with Crippen molar-refractivity contribution in [3.8, 4) is 11.3 Å². The van der Waals surface area contributed by atoms with E-state index in [-0.39, 0.29) is 5.91 Å². The lowest BCUT2D eigenvalue weighted by atomic mass is 10.1. The first kappa shape index (κ1) is 14.8. The van der Waals surface area contributed by atoms with Crippen LogP contribution in [0.3, 0.4) is 0 Å². The van der Waals surface area contributed by atoms with Crippen molar-refractivity contribution < 1.29 is 9.53 Å². The molecule has 0 atom stereocenters. The summed E-state index contributed by atoms with van der Waals surface area (Å²) in [5, 5.41) is 1.07. The largest absolute Gasteiger partial charge is 0.378 e. The first-order valence-electron chi connectivity index (χ1n) is 7.99. The fourth-order valence-electron chi connectivity index (χ4n) is 2.88. The Bertz CT molecular complexity index is 871. The number of rotatable bonds is 2. The maximum absolute atomic E-state index is 12.4. The molecule has 4 rings (SSSR count). The highest BCUT2D eigenvalue weighted by atomic mass is 16.5. The Balaban J connectivity index is 1.59. The summed E-state index contributed by atoms with van der Waals surface area (Å²) in [5.74, 6) is 0.0139. The highest BCUT2D eigenvalue weighted by Gasteiger charge is 2.18. The van der Waals surface area contributed by atoms with Gasteiger partial charge >= 0.3 is 0 Å². The van der Waals surface area contributed by atoms with Gasteiger partial charge in [0.25, 0.3) is 5.91 Å². The van der Waals surface area contributed by atoms with Gasteiger partial charge in [-0.1, -0.05) is 12.1 Å². The van der Waals surface area contributed by atoms with E-state index in [1.165, 1.54) is 0 Å². The minimum absolute atomic E-state index is 0.0139. The van der Waals surface area contributed by atoms with E-state index in [4.69, 9.17) is 4.74 Å². The quantitative estimate of drug-likeness (QED) is 0.729. The zero-order valence-corrected chi connectivity index (χ0v) is 13.2. The van der Waals surface area contributed by atoms with Crippen LogP contribution < -0.4 is 0 Å². The molecule has 0 spiro atoms. The van der Waals surface area contributed by atoms with Crippen LogP contribution in [0, 0.1) is 0 Å². The third-order valence-electron chi connectivity index (χ3n) is 4.21.